The highest BCUT2D eigenvalue weighted by Gasteiger charge is 2.19. The van der Waals surface area contributed by atoms with Crippen molar-refractivity contribution >= 4 is 0 Å². The van der Waals surface area contributed by atoms with Crippen LogP contribution in [-0.4, -0.2) is 6.54 Å². The topological polar surface area (TPSA) is 25.2 Å². The van der Waals surface area contributed by atoms with Crippen LogP contribution in [0, 0.1) is 24.7 Å². The van der Waals surface area contributed by atoms with Gasteiger partial charge in [-0.2, -0.15) is 0 Å². The zero-order valence-electron chi connectivity index (χ0n) is 12.1. The van der Waals surface area contributed by atoms with E-state index in [9.17, 15) is 0 Å². The first-order valence-corrected chi connectivity index (χ1v) is 6.71. The number of aryl methyl sites for hydroxylation is 1. The maximum Gasteiger partial charge on any atom is 0.120 e. The lowest BCUT2D eigenvalue weighted by atomic mass is 9.85. The van der Waals surface area contributed by atoms with E-state index in [2.05, 4.69) is 46.0 Å². The molecule has 0 bridgehead atoms. The van der Waals surface area contributed by atoms with Crippen LogP contribution >= 0.6 is 0 Å². The fraction of sp³-hybridized carbons (Fsp3) is 0.733. The van der Waals surface area contributed by atoms with Crippen molar-refractivity contribution in [2.45, 2.75) is 47.6 Å². The largest absolute Gasteiger partial charge is 0.465 e. The van der Waals surface area contributed by atoms with E-state index in [1.807, 2.05) is 13.0 Å². The molecule has 98 valence electrons. The normalized spacial score (nSPS) is 13.9. The van der Waals surface area contributed by atoms with E-state index in [-0.39, 0.29) is 0 Å². The van der Waals surface area contributed by atoms with E-state index >= 15 is 0 Å². The van der Waals surface area contributed by atoms with Gasteiger partial charge in [0.05, 0.1) is 6.04 Å². The predicted octanol–water partition coefficient (Wildman–Crippen LogP) is 4.17. The molecule has 0 aliphatic heterocycles. The summed E-state index contributed by atoms with van der Waals surface area (Å²) in [6, 6.07) is 4.38. The number of hydrogen-bond acceptors (Lipinski definition) is 2. The lowest BCUT2D eigenvalue weighted by Crippen LogP contribution is -2.31. The Balaban J connectivity index is 2.49. The zero-order valence-corrected chi connectivity index (χ0v) is 12.1. The molecular formula is C15H27NO. The van der Waals surface area contributed by atoms with Crippen molar-refractivity contribution in [2.24, 2.45) is 17.8 Å². The molecule has 1 heterocycles. The molecule has 1 aromatic rings. The molecule has 0 spiro atoms. The third-order valence-electron chi connectivity index (χ3n) is 3.56. The number of hydrogen-bond donors (Lipinski definition) is 1. The van der Waals surface area contributed by atoms with E-state index < -0.39 is 0 Å². The second kappa shape index (κ2) is 6.25. The third-order valence-corrected chi connectivity index (χ3v) is 3.56. The van der Waals surface area contributed by atoms with E-state index in [1.54, 1.807) is 0 Å². The average molecular weight is 237 g/mol. The van der Waals surface area contributed by atoms with Crippen molar-refractivity contribution in [1.29, 1.82) is 0 Å². The summed E-state index contributed by atoms with van der Waals surface area (Å²) < 4.78 is 5.64. The summed E-state index contributed by atoms with van der Waals surface area (Å²) in [7, 11) is 0. The number of rotatable bonds is 6. The molecule has 1 unspecified atom stereocenters. The maximum absolute atomic E-state index is 5.64. The van der Waals surface area contributed by atoms with Gasteiger partial charge in [-0.25, -0.2) is 0 Å². The molecule has 1 aromatic heterocycles. The molecule has 0 aliphatic carbocycles. The first kappa shape index (κ1) is 14.3. The van der Waals surface area contributed by atoms with Crippen molar-refractivity contribution in [3.05, 3.63) is 23.7 Å². The molecule has 1 atom stereocenters. The van der Waals surface area contributed by atoms with Crippen molar-refractivity contribution < 1.29 is 4.42 Å². The Kier molecular flexibility index (Phi) is 5.26. The number of furan rings is 1. The summed E-state index contributed by atoms with van der Waals surface area (Å²) in [6.07, 6.45) is 0. The van der Waals surface area contributed by atoms with E-state index in [1.165, 1.54) is 0 Å². The third kappa shape index (κ3) is 4.19. The monoisotopic (exact) mass is 237 g/mol. The van der Waals surface area contributed by atoms with Gasteiger partial charge in [0, 0.05) is 0 Å². The Bertz CT molecular complexity index is 319. The summed E-state index contributed by atoms with van der Waals surface area (Å²) in [5, 5.41) is 3.58. The van der Waals surface area contributed by atoms with Gasteiger partial charge in [0.1, 0.15) is 11.5 Å². The molecule has 17 heavy (non-hydrogen) atoms. The summed E-state index contributed by atoms with van der Waals surface area (Å²) in [5.41, 5.74) is 0. The number of nitrogens with one attached hydrogen (secondary N) is 1. The van der Waals surface area contributed by atoms with Crippen LogP contribution in [0.3, 0.4) is 0 Å². The van der Waals surface area contributed by atoms with Gasteiger partial charge in [-0.3, -0.25) is 0 Å². The summed E-state index contributed by atoms with van der Waals surface area (Å²) in [5.74, 6) is 4.17. The molecule has 2 heteroatoms. The second-order valence-corrected chi connectivity index (χ2v) is 5.73. The molecular weight excluding hydrogens is 210 g/mol. The smallest absolute Gasteiger partial charge is 0.120 e. The molecule has 0 saturated heterocycles. The molecule has 2 nitrogen and oxygen atoms in total. The van der Waals surface area contributed by atoms with Crippen LogP contribution in [0.4, 0.5) is 0 Å². The molecule has 0 aliphatic rings. The molecule has 0 amide bonds. The quantitative estimate of drug-likeness (QED) is 0.803. The highest BCUT2D eigenvalue weighted by molar-refractivity contribution is 5.08. The van der Waals surface area contributed by atoms with Gasteiger partial charge < -0.3 is 9.73 Å². The summed E-state index contributed by atoms with van der Waals surface area (Å²) in [4.78, 5) is 0. The fourth-order valence-electron chi connectivity index (χ4n) is 2.34. The fourth-order valence-corrected chi connectivity index (χ4v) is 2.34. The van der Waals surface area contributed by atoms with Crippen LogP contribution in [0.2, 0.25) is 0 Å². The van der Waals surface area contributed by atoms with Gasteiger partial charge in [-0.05, 0) is 50.3 Å². The minimum absolute atomic E-state index is 0.295. The van der Waals surface area contributed by atoms with E-state index in [4.69, 9.17) is 4.42 Å². The lowest BCUT2D eigenvalue weighted by Gasteiger charge is -2.26. The van der Waals surface area contributed by atoms with Crippen LogP contribution in [0.25, 0.3) is 0 Å². The molecule has 1 rings (SSSR count). The van der Waals surface area contributed by atoms with Crippen LogP contribution < -0.4 is 5.32 Å². The molecule has 0 saturated carbocycles. The Morgan fingerprint density at radius 1 is 1.06 bits per heavy atom. The molecule has 0 aromatic carbocycles. The van der Waals surface area contributed by atoms with Crippen molar-refractivity contribution in [3.63, 3.8) is 0 Å². The van der Waals surface area contributed by atoms with Gasteiger partial charge >= 0.3 is 0 Å². The molecule has 1 N–H and O–H groups in total. The Labute approximate surface area is 106 Å². The van der Waals surface area contributed by atoms with Crippen LogP contribution in [0.5, 0.6) is 0 Å². The van der Waals surface area contributed by atoms with Gasteiger partial charge in [0.2, 0.25) is 0 Å². The zero-order chi connectivity index (χ0) is 13.0. The average Bonchev–Trinajstić information content (AvgIpc) is 2.63. The second-order valence-electron chi connectivity index (χ2n) is 5.73. The highest BCUT2D eigenvalue weighted by Crippen LogP contribution is 2.21. The Morgan fingerprint density at radius 3 is 2.06 bits per heavy atom. The highest BCUT2D eigenvalue weighted by atomic mass is 16.3. The van der Waals surface area contributed by atoms with Gasteiger partial charge in [0.25, 0.3) is 0 Å². The van der Waals surface area contributed by atoms with E-state index in [0.717, 1.165) is 18.1 Å². The molecule has 0 fully saturated rings. The SMILES string of the molecule is Cc1ccc(C(C)NCC(C(C)C)C(C)C)o1. The first-order valence-electron chi connectivity index (χ1n) is 6.71. The van der Waals surface area contributed by atoms with Crippen LogP contribution in [0.1, 0.15) is 52.2 Å². The van der Waals surface area contributed by atoms with Crippen molar-refractivity contribution in [1.82, 2.24) is 5.32 Å². The minimum Gasteiger partial charge on any atom is -0.465 e. The molecule has 0 radical (unpaired) electrons. The van der Waals surface area contributed by atoms with E-state index in [0.29, 0.717) is 23.8 Å². The standard InChI is InChI=1S/C15H27NO/c1-10(2)14(11(3)4)9-16-13(6)15-8-7-12(5)17-15/h7-8,10-11,13-14,16H,9H2,1-6H3. The first-order chi connectivity index (χ1) is 7.91. The summed E-state index contributed by atoms with van der Waals surface area (Å²) in [6.45, 7) is 14.4. The van der Waals surface area contributed by atoms with Gasteiger partial charge in [-0.15, -0.1) is 0 Å². The predicted molar refractivity (Wildman–Crippen MR) is 73.0 cm³/mol. The minimum atomic E-state index is 0.295. The maximum atomic E-state index is 5.64. The Morgan fingerprint density at radius 2 is 1.65 bits per heavy atom. The van der Waals surface area contributed by atoms with Crippen LogP contribution in [-0.2, 0) is 0 Å². The van der Waals surface area contributed by atoms with Crippen molar-refractivity contribution in [2.75, 3.05) is 6.54 Å². The van der Waals surface area contributed by atoms with Crippen molar-refractivity contribution in [3.8, 4) is 0 Å². The summed E-state index contributed by atoms with van der Waals surface area (Å²) >= 11 is 0. The van der Waals surface area contributed by atoms with Gasteiger partial charge in [-0.1, -0.05) is 27.7 Å². The Hall–Kier alpha value is -0.760. The lowest BCUT2D eigenvalue weighted by molar-refractivity contribution is 0.262. The van der Waals surface area contributed by atoms with Gasteiger partial charge in [0.15, 0.2) is 0 Å². The van der Waals surface area contributed by atoms with Crippen LogP contribution in [0.15, 0.2) is 16.5 Å².